The molecule has 5 rings (SSSR count). The van der Waals surface area contributed by atoms with Gasteiger partial charge in [0.15, 0.2) is 0 Å². The van der Waals surface area contributed by atoms with Crippen LogP contribution in [0.25, 0.3) is 0 Å². The molecule has 0 bridgehead atoms. The van der Waals surface area contributed by atoms with Crippen LogP contribution in [0.3, 0.4) is 0 Å². The summed E-state index contributed by atoms with van der Waals surface area (Å²) >= 11 is 0. The first-order valence-corrected chi connectivity index (χ1v) is 11.6. The first kappa shape index (κ1) is 20.6. The SMILES string of the molecule is C[C@@H]1CC(C)(C)Nc2cc(C(c3ccccc3)(c3ccccc3)c3ccccc3)ccc21. The molecule has 0 fully saturated rings. The van der Waals surface area contributed by atoms with E-state index in [4.69, 9.17) is 0 Å². The van der Waals surface area contributed by atoms with Crippen LogP contribution in [0.4, 0.5) is 5.69 Å². The summed E-state index contributed by atoms with van der Waals surface area (Å²) < 4.78 is 0. The van der Waals surface area contributed by atoms with Crippen LogP contribution < -0.4 is 5.32 Å². The largest absolute Gasteiger partial charge is 0.380 e. The van der Waals surface area contributed by atoms with Gasteiger partial charge in [0.2, 0.25) is 0 Å². The third-order valence-corrected chi connectivity index (χ3v) is 6.93. The number of rotatable bonds is 4. The summed E-state index contributed by atoms with van der Waals surface area (Å²) in [6.45, 7) is 6.95. The topological polar surface area (TPSA) is 12.0 Å². The highest BCUT2D eigenvalue weighted by Gasteiger charge is 2.39. The molecule has 0 spiro atoms. The minimum atomic E-state index is -0.398. The van der Waals surface area contributed by atoms with Crippen molar-refractivity contribution in [2.45, 2.75) is 44.1 Å². The Balaban J connectivity index is 1.84. The van der Waals surface area contributed by atoms with Crippen molar-refractivity contribution in [3.63, 3.8) is 0 Å². The molecule has 1 nitrogen and oxygen atoms in total. The van der Waals surface area contributed by atoms with Gasteiger partial charge in [-0.3, -0.25) is 0 Å². The van der Waals surface area contributed by atoms with E-state index in [1.807, 2.05) is 0 Å². The predicted molar refractivity (Wildman–Crippen MR) is 135 cm³/mol. The van der Waals surface area contributed by atoms with Gasteiger partial charge in [-0.2, -0.15) is 0 Å². The average molecular weight is 418 g/mol. The monoisotopic (exact) mass is 417 g/mol. The summed E-state index contributed by atoms with van der Waals surface area (Å²) in [5.74, 6) is 0.537. The Hall–Kier alpha value is -3.32. The summed E-state index contributed by atoms with van der Waals surface area (Å²) in [5.41, 5.74) is 7.49. The van der Waals surface area contributed by atoms with Crippen LogP contribution in [0.5, 0.6) is 0 Å². The third kappa shape index (κ3) is 3.42. The minimum Gasteiger partial charge on any atom is -0.380 e. The number of anilines is 1. The van der Waals surface area contributed by atoms with Gasteiger partial charge >= 0.3 is 0 Å². The van der Waals surface area contributed by atoms with Gasteiger partial charge < -0.3 is 5.32 Å². The molecule has 0 aromatic heterocycles. The summed E-state index contributed by atoms with van der Waals surface area (Å²) in [5, 5.41) is 3.83. The van der Waals surface area contributed by atoms with Gasteiger partial charge in [-0.15, -0.1) is 0 Å². The Morgan fingerprint density at radius 2 is 1.12 bits per heavy atom. The van der Waals surface area contributed by atoms with Crippen LogP contribution in [-0.4, -0.2) is 5.54 Å². The fraction of sp³-hybridized carbons (Fsp3) is 0.226. The highest BCUT2D eigenvalue weighted by Crippen LogP contribution is 2.48. The standard InChI is InChI=1S/C31H31N/c1-23-22-30(2,3)32-29-21-27(19-20-28(23)29)31(24-13-7-4-8-14-24,25-15-9-5-10-16-25)26-17-11-6-12-18-26/h4-21,23,32H,22H2,1-3H3/t23-/m1/s1. The molecule has 1 N–H and O–H groups in total. The molecule has 1 atom stereocenters. The van der Waals surface area contributed by atoms with E-state index in [0.29, 0.717) is 5.92 Å². The minimum absolute atomic E-state index is 0.0833. The lowest BCUT2D eigenvalue weighted by molar-refractivity contribution is 0.454. The first-order chi connectivity index (χ1) is 15.5. The highest BCUT2D eigenvalue weighted by atomic mass is 15.0. The van der Waals surface area contributed by atoms with Gasteiger partial charge in [-0.25, -0.2) is 0 Å². The van der Waals surface area contributed by atoms with Crippen molar-refractivity contribution in [2.75, 3.05) is 5.32 Å². The molecule has 32 heavy (non-hydrogen) atoms. The molecular formula is C31H31N. The average Bonchev–Trinajstić information content (AvgIpc) is 2.81. The number of hydrogen-bond acceptors (Lipinski definition) is 1. The molecule has 1 heterocycles. The van der Waals surface area contributed by atoms with Crippen molar-refractivity contribution in [3.8, 4) is 0 Å². The van der Waals surface area contributed by atoms with E-state index in [1.54, 1.807) is 0 Å². The molecule has 1 heteroatoms. The Kier molecular flexibility index (Phi) is 5.13. The van der Waals surface area contributed by atoms with E-state index in [0.717, 1.165) is 6.42 Å². The lowest BCUT2D eigenvalue weighted by Gasteiger charge is -2.41. The molecule has 0 saturated carbocycles. The van der Waals surface area contributed by atoms with Crippen molar-refractivity contribution in [1.82, 2.24) is 0 Å². The molecule has 4 aromatic carbocycles. The zero-order chi connectivity index (χ0) is 22.2. The van der Waals surface area contributed by atoms with E-state index in [1.165, 1.54) is 33.5 Å². The van der Waals surface area contributed by atoms with Crippen molar-refractivity contribution < 1.29 is 0 Å². The Bertz CT molecular complexity index is 1100. The maximum absolute atomic E-state index is 3.83. The van der Waals surface area contributed by atoms with E-state index in [-0.39, 0.29) is 5.54 Å². The van der Waals surface area contributed by atoms with E-state index >= 15 is 0 Å². The van der Waals surface area contributed by atoms with E-state index in [2.05, 4.69) is 135 Å². The summed E-state index contributed by atoms with van der Waals surface area (Å²) in [7, 11) is 0. The Labute approximate surface area is 192 Å². The summed E-state index contributed by atoms with van der Waals surface area (Å²) in [4.78, 5) is 0. The van der Waals surface area contributed by atoms with Crippen LogP contribution in [0, 0.1) is 0 Å². The van der Waals surface area contributed by atoms with Gasteiger partial charge in [-0.1, -0.05) is 110 Å². The lowest BCUT2D eigenvalue weighted by atomic mass is 9.64. The maximum Gasteiger partial charge on any atom is 0.0702 e. The molecule has 1 aliphatic rings. The molecule has 1 aliphatic heterocycles. The second-order valence-corrected chi connectivity index (χ2v) is 9.76. The second-order valence-electron chi connectivity index (χ2n) is 9.76. The van der Waals surface area contributed by atoms with Crippen LogP contribution in [0.1, 0.15) is 60.9 Å². The Morgan fingerprint density at radius 3 is 1.59 bits per heavy atom. The molecule has 0 radical (unpaired) electrons. The van der Waals surface area contributed by atoms with Crippen molar-refractivity contribution >= 4 is 5.69 Å². The highest BCUT2D eigenvalue weighted by molar-refractivity contribution is 5.66. The quantitative estimate of drug-likeness (QED) is 0.334. The maximum atomic E-state index is 3.83. The molecule has 0 unspecified atom stereocenters. The number of hydrogen-bond donors (Lipinski definition) is 1. The van der Waals surface area contributed by atoms with E-state index in [9.17, 15) is 0 Å². The summed E-state index contributed by atoms with van der Waals surface area (Å²) in [6.07, 6.45) is 1.14. The number of nitrogens with one attached hydrogen (secondary N) is 1. The zero-order valence-electron chi connectivity index (χ0n) is 19.2. The van der Waals surface area contributed by atoms with Crippen molar-refractivity contribution in [3.05, 3.63) is 137 Å². The van der Waals surface area contributed by atoms with Crippen molar-refractivity contribution in [2.24, 2.45) is 0 Å². The van der Waals surface area contributed by atoms with Gasteiger partial charge in [0.1, 0.15) is 0 Å². The normalized spacial score (nSPS) is 17.3. The van der Waals surface area contributed by atoms with Gasteiger partial charge in [0, 0.05) is 11.2 Å². The van der Waals surface area contributed by atoms with Gasteiger partial charge in [0.25, 0.3) is 0 Å². The third-order valence-electron chi connectivity index (χ3n) is 6.93. The molecule has 4 aromatic rings. The summed E-state index contributed by atoms with van der Waals surface area (Å²) in [6, 6.07) is 39.9. The van der Waals surface area contributed by atoms with E-state index < -0.39 is 5.41 Å². The fourth-order valence-corrected chi connectivity index (χ4v) is 5.68. The number of benzene rings is 4. The van der Waals surface area contributed by atoms with Crippen molar-refractivity contribution in [1.29, 1.82) is 0 Å². The second kappa shape index (κ2) is 7.98. The first-order valence-electron chi connectivity index (χ1n) is 11.6. The van der Waals surface area contributed by atoms with Crippen LogP contribution >= 0.6 is 0 Å². The van der Waals surface area contributed by atoms with Crippen LogP contribution in [-0.2, 0) is 5.41 Å². The predicted octanol–water partition coefficient (Wildman–Crippen LogP) is 7.77. The molecule has 0 saturated heterocycles. The molecular weight excluding hydrogens is 386 g/mol. The molecule has 160 valence electrons. The zero-order valence-corrected chi connectivity index (χ0v) is 19.2. The number of fused-ring (bicyclic) bond motifs is 1. The van der Waals surface area contributed by atoms with Gasteiger partial charge in [-0.05, 0) is 60.1 Å². The molecule has 0 amide bonds. The fourth-order valence-electron chi connectivity index (χ4n) is 5.68. The lowest BCUT2D eigenvalue weighted by Crippen LogP contribution is -2.37. The Morgan fingerprint density at radius 1 is 0.656 bits per heavy atom. The van der Waals surface area contributed by atoms with Crippen LogP contribution in [0.2, 0.25) is 0 Å². The smallest absolute Gasteiger partial charge is 0.0702 e. The van der Waals surface area contributed by atoms with Crippen LogP contribution in [0.15, 0.2) is 109 Å². The molecule has 0 aliphatic carbocycles. The van der Waals surface area contributed by atoms with Gasteiger partial charge in [0.05, 0.1) is 5.41 Å².